The topological polar surface area (TPSA) is 98.5 Å². The number of nitrogens with zero attached hydrogens (tertiary/aromatic N) is 4. The maximum Gasteiger partial charge on any atom is 0.333 e. The Morgan fingerprint density at radius 2 is 1.84 bits per heavy atom. The molecule has 1 aliphatic rings. The summed E-state index contributed by atoms with van der Waals surface area (Å²) in [5.41, 5.74) is -1.32. The van der Waals surface area contributed by atoms with Gasteiger partial charge >= 0.3 is 11.1 Å². The summed E-state index contributed by atoms with van der Waals surface area (Å²) in [7, 11) is 1.54. The van der Waals surface area contributed by atoms with E-state index in [-0.39, 0.29) is 18.2 Å². The second-order valence-electron chi connectivity index (χ2n) is 6.74. The number of aromatic nitrogens is 3. The average molecular weight is 429 g/mol. The van der Waals surface area contributed by atoms with Crippen LogP contribution in [0.3, 0.4) is 0 Å². The summed E-state index contributed by atoms with van der Waals surface area (Å²) >= 11 is 0. The van der Waals surface area contributed by atoms with Crippen LogP contribution in [0.1, 0.15) is 0 Å². The largest absolute Gasteiger partial charge is 0.497 e. The molecule has 3 aromatic rings. The lowest BCUT2D eigenvalue weighted by molar-refractivity contribution is -0.117. The van der Waals surface area contributed by atoms with Crippen LogP contribution in [0.25, 0.3) is 0 Å². The van der Waals surface area contributed by atoms with Gasteiger partial charge in [-0.3, -0.25) is 19.0 Å². The first kappa shape index (κ1) is 20.3. The molecule has 0 atom stereocenters. The Labute approximate surface area is 174 Å². The Kier molecular flexibility index (Phi) is 5.24. The van der Waals surface area contributed by atoms with E-state index in [1.165, 1.54) is 4.57 Å². The van der Waals surface area contributed by atoms with Crippen LogP contribution in [0.15, 0.2) is 52.1 Å². The molecule has 1 N–H and O–H groups in total. The van der Waals surface area contributed by atoms with Gasteiger partial charge in [0.25, 0.3) is 0 Å². The van der Waals surface area contributed by atoms with Gasteiger partial charge in [-0.15, -0.1) is 5.10 Å². The summed E-state index contributed by atoms with van der Waals surface area (Å²) in [4.78, 5) is 38.9. The molecule has 0 unspecified atom stereocenters. The molecule has 0 bridgehead atoms. The predicted octanol–water partition coefficient (Wildman–Crippen LogP) is 1.48. The van der Waals surface area contributed by atoms with Gasteiger partial charge in [-0.1, -0.05) is 0 Å². The number of anilines is 3. The first-order valence-corrected chi connectivity index (χ1v) is 9.26. The number of halogens is 2. The number of ether oxygens (including phenoxy) is 1. The number of methoxy groups -OCH3 is 1. The molecule has 2 heterocycles. The summed E-state index contributed by atoms with van der Waals surface area (Å²) in [6.45, 7) is 0.0520. The Morgan fingerprint density at radius 3 is 2.52 bits per heavy atom. The lowest BCUT2D eigenvalue weighted by Gasteiger charge is -2.18. The van der Waals surface area contributed by atoms with Crippen LogP contribution in [0, 0.1) is 11.6 Å². The van der Waals surface area contributed by atoms with Crippen molar-refractivity contribution in [1.82, 2.24) is 14.3 Å². The van der Waals surface area contributed by atoms with E-state index in [0.29, 0.717) is 18.4 Å². The van der Waals surface area contributed by atoms with Crippen LogP contribution < -0.4 is 26.1 Å². The van der Waals surface area contributed by atoms with Crippen molar-refractivity contribution in [1.29, 1.82) is 0 Å². The van der Waals surface area contributed by atoms with E-state index in [1.807, 2.05) is 0 Å². The fraction of sp³-hybridized carbons (Fsp3) is 0.200. The van der Waals surface area contributed by atoms with Gasteiger partial charge < -0.3 is 15.0 Å². The zero-order chi connectivity index (χ0) is 22.1. The van der Waals surface area contributed by atoms with Crippen molar-refractivity contribution in [3.63, 3.8) is 0 Å². The third-order valence-corrected chi connectivity index (χ3v) is 4.79. The number of carbonyl (C=O) groups is 1. The molecule has 9 nitrogen and oxygen atoms in total. The predicted molar refractivity (Wildman–Crippen MR) is 108 cm³/mol. The number of benzene rings is 2. The van der Waals surface area contributed by atoms with E-state index in [1.54, 1.807) is 36.3 Å². The molecule has 1 aliphatic heterocycles. The fourth-order valence-corrected chi connectivity index (χ4v) is 3.26. The molecule has 4 rings (SSSR count). The number of rotatable bonds is 5. The van der Waals surface area contributed by atoms with E-state index < -0.39 is 35.2 Å². The van der Waals surface area contributed by atoms with Crippen molar-refractivity contribution < 1.29 is 18.3 Å². The Hall–Kier alpha value is -4.02. The number of nitrogens with one attached hydrogen (secondary N) is 1. The van der Waals surface area contributed by atoms with Crippen molar-refractivity contribution in [3.8, 4) is 5.75 Å². The third kappa shape index (κ3) is 3.89. The highest BCUT2D eigenvalue weighted by Crippen LogP contribution is 2.27. The number of hydrogen-bond acceptors (Lipinski definition) is 6. The van der Waals surface area contributed by atoms with Crippen molar-refractivity contribution in [2.45, 2.75) is 13.1 Å². The van der Waals surface area contributed by atoms with Crippen molar-refractivity contribution in [3.05, 3.63) is 74.8 Å². The number of hydrogen-bond donors (Lipinski definition) is 1. The van der Waals surface area contributed by atoms with Gasteiger partial charge in [-0.05, 0) is 36.4 Å². The van der Waals surface area contributed by atoms with E-state index in [4.69, 9.17) is 4.74 Å². The standard InChI is InChI=1S/C20H17F2N5O4/c1-31-14-5-3-13(4-6-14)25-8-9-26-18(29)19(30)27(24-20(25)26)11-17(28)23-16-7-2-12(21)10-15(16)22/h2-7,10H,8-9,11H2,1H3,(H,23,28). The van der Waals surface area contributed by atoms with Crippen molar-refractivity contribution in [2.75, 3.05) is 23.9 Å². The Balaban J connectivity index is 1.62. The summed E-state index contributed by atoms with van der Waals surface area (Å²) in [5.74, 6) is -1.69. The molecule has 0 radical (unpaired) electrons. The van der Waals surface area contributed by atoms with Gasteiger partial charge in [0.1, 0.15) is 23.9 Å². The smallest absolute Gasteiger partial charge is 0.333 e. The quantitative estimate of drug-likeness (QED) is 0.617. The van der Waals surface area contributed by atoms with Gasteiger partial charge in [-0.25, -0.2) is 13.5 Å². The van der Waals surface area contributed by atoms with Crippen LogP contribution >= 0.6 is 0 Å². The van der Waals surface area contributed by atoms with Crippen molar-refractivity contribution in [2.24, 2.45) is 0 Å². The summed E-state index contributed by atoms with van der Waals surface area (Å²) in [6.07, 6.45) is 0. The molecule has 31 heavy (non-hydrogen) atoms. The lowest BCUT2D eigenvalue weighted by Crippen LogP contribution is -2.44. The van der Waals surface area contributed by atoms with Crippen LogP contribution in [-0.2, 0) is 17.9 Å². The second-order valence-corrected chi connectivity index (χ2v) is 6.74. The molecule has 1 aromatic heterocycles. The fourth-order valence-electron chi connectivity index (χ4n) is 3.26. The maximum atomic E-state index is 13.8. The van der Waals surface area contributed by atoms with Gasteiger partial charge in [0.2, 0.25) is 11.9 Å². The second kappa shape index (κ2) is 8.01. The monoisotopic (exact) mass is 429 g/mol. The van der Waals surface area contributed by atoms with Crippen LogP contribution in [0.2, 0.25) is 0 Å². The number of amides is 1. The molecule has 0 spiro atoms. The molecule has 160 valence electrons. The maximum absolute atomic E-state index is 13.8. The minimum atomic E-state index is -0.977. The molecule has 11 heteroatoms. The zero-order valence-corrected chi connectivity index (χ0v) is 16.3. The number of fused-ring (bicyclic) bond motifs is 1. The SMILES string of the molecule is COc1ccc(N2CCn3c2nn(CC(=O)Nc2ccc(F)cc2F)c(=O)c3=O)cc1. The van der Waals surface area contributed by atoms with E-state index in [2.05, 4.69) is 10.4 Å². The van der Waals surface area contributed by atoms with E-state index in [0.717, 1.165) is 22.5 Å². The zero-order valence-electron chi connectivity index (χ0n) is 16.3. The molecular weight excluding hydrogens is 412 g/mol. The molecule has 0 saturated carbocycles. The summed E-state index contributed by atoms with van der Waals surface area (Å²) in [5, 5.41) is 6.42. The highest BCUT2D eigenvalue weighted by atomic mass is 19.1. The van der Waals surface area contributed by atoms with E-state index in [9.17, 15) is 23.2 Å². The van der Waals surface area contributed by atoms with Crippen LogP contribution in [-0.4, -0.2) is 33.9 Å². The Morgan fingerprint density at radius 1 is 1.10 bits per heavy atom. The first-order valence-electron chi connectivity index (χ1n) is 9.26. The normalized spacial score (nSPS) is 12.5. The lowest BCUT2D eigenvalue weighted by atomic mass is 10.3. The molecule has 2 aromatic carbocycles. The molecule has 0 saturated heterocycles. The summed E-state index contributed by atoms with van der Waals surface area (Å²) in [6, 6.07) is 9.71. The van der Waals surface area contributed by atoms with Gasteiger partial charge in [0, 0.05) is 24.8 Å². The van der Waals surface area contributed by atoms with Crippen LogP contribution in [0.5, 0.6) is 5.75 Å². The summed E-state index contributed by atoms with van der Waals surface area (Å²) < 4.78 is 33.9. The minimum Gasteiger partial charge on any atom is -0.497 e. The third-order valence-electron chi connectivity index (χ3n) is 4.79. The Bertz CT molecular complexity index is 1270. The molecule has 0 fully saturated rings. The molecule has 0 aliphatic carbocycles. The highest BCUT2D eigenvalue weighted by molar-refractivity contribution is 5.90. The average Bonchev–Trinajstić information content (AvgIpc) is 3.18. The first-order chi connectivity index (χ1) is 14.9. The van der Waals surface area contributed by atoms with Gasteiger partial charge in [-0.2, -0.15) is 0 Å². The molecule has 1 amide bonds. The van der Waals surface area contributed by atoms with E-state index >= 15 is 0 Å². The van der Waals surface area contributed by atoms with Gasteiger partial charge in [0.05, 0.1) is 12.8 Å². The molecular formula is C20H17F2N5O4. The van der Waals surface area contributed by atoms with Crippen molar-refractivity contribution >= 4 is 23.2 Å². The number of carbonyl (C=O) groups excluding carboxylic acids is 1. The van der Waals surface area contributed by atoms with Gasteiger partial charge in [0.15, 0.2) is 0 Å². The van der Waals surface area contributed by atoms with Crippen LogP contribution in [0.4, 0.5) is 26.1 Å². The highest BCUT2D eigenvalue weighted by Gasteiger charge is 2.26. The minimum absolute atomic E-state index is 0.204.